The molecule has 6 atom stereocenters. The highest BCUT2D eigenvalue weighted by Gasteiger charge is 2.50. The van der Waals surface area contributed by atoms with Crippen molar-refractivity contribution in [2.75, 3.05) is 13.2 Å². The Morgan fingerprint density at radius 2 is 0.863 bits per heavy atom. The van der Waals surface area contributed by atoms with Crippen LogP contribution in [0.2, 0.25) is 0 Å². The molecule has 0 saturated carbocycles. The summed E-state index contributed by atoms with van der Waals surface area (Å²) in [6, 6.07) is 0. The molecule has 0 aromatic heterocycles. The van der Waals surface area contributed by atoms with Crippen LogP contribution in [-0.4, -0.2) is 89.2 Å². The van der Waals surface area contributed by atoms with Gasteiger partial charge in [-0.05, 0) is 83.5 Å². The van der Waals surface area contributed by atoms with E-state index in [9.17, 15) is 34.5 Å². The molecule has 0 amide bonds. The van der Waals surface area contributed by atoms with Crippen molar-refractivity contribution in [3.63, 3.8) is 0 Å². The summed E-state index contributed by atoms with van der Waals surface area (Å²) >= 11 is 0. The van der Waals surface area contributed by atoms with Gasteiger partial charge >= 0.3 is 23.9 Å². The van der Waals surface area contributed by atoms with Crippen molar-refractivity contribution in [2.24, 2.45) is 0 Å². The number of aliphatic carboxylic acids is 1. The van der Waals surface area contributed by atoms with Crippen LogP contribution >= 0.6 is 0 Å². The molecule has 0 aromatic carbocycles. The van der Waals surface area contributed by atoms with Crippen molar-refractivity contribution < 1.29 is 58.2 Å². The van der Waals surface area contributed by atoms with Crippen LogP contribution in [0.3, 0.4) is 0 Å². The number of carboxylic acids is 1. The maximum absolute atomic E-state index is 13.1. The van der Waals surface area contributed by atoms with Crippen LogP contribution in [-0.2, 0) is 42.9 Å². The van der Waals surface area contributed by atoms with Crippen molar-refractivity contribution in [3.8, 4) is 0 Å². The van der Waals surface area contributed by atoms with Crippen LogP contribution < -0.4 is 0 Å². The third kappa shape index (κ3) is 39.5. The van der Waals surface area contributed by atoms with Gasteiger partial charge in [-0.2, -0.15) is 0 Å². The lowest BCUT2D eigenvalue weighted by Crippen LogP contribution is -2.61. The second-order valence-electron chi connectivity index (χ2n) is 19.9. The van der Waals surface area contributed by atoms with Gasteiger partial charge in [0.15, 0.2) is 24.6 Å². The fourth-order valence-corrected chi connectivity index (χ4v) is 8.59. The highest BCUT2D eigenvalue weighted by molar-refractivity contribution is 5.74. The lowest BCUT2D eigenvalue weighted by Gasteiger charge is -2.40. The molecule has 73 heavy (non-hydrogen) atoms. The molecule has 0 spiro atoms. The van der Waals surface area contributed by atoms with E-state index in [1.54, 1.807) is 0 Å². The molecule has 3 N–H and O–H groups in total. The maximum Gasteiger partial charge on any atom is 0.335 e. The molecule has 0 bridgehead atoms. The number of esters is 3. The molecule has 1 fully saturated rings. The predicted molar refractivity (Wildman–Crippen MR) is 294 cm³/mol. The SMILES string of the molecule is CC/C=C\C/C=C\C/C=C\C/C=C\CCCCC(=O)OC1C(OCC(COC(=O)CCCCCCCCCCCCCCCCC)OC(=O)CCCCCCC/C=C\CCCCCC)OC(C(=O)O)C(O)C1O. The van der Waals surface area contributed by atoms with E-state index in [0.717, 1.165) is 89.9 Å². The summed E-state index contributed by atoms with van der Waals surface area (Å²) in [4.78, 5) is 51.0. The summed E-state index contributed by atoms with van der Waals surface area (Å²) in [6.45, 7) is 5.84. The highest BCUT2D eigenvalue weighted by atomic mass is 16.7. The first kappa shape index (κ1) is 67.4. The Labute approximate surface area is 443 Å². The molecule has 0 aliphatic carbocycles. The van der Waals surface area contributed by atoms with Crippen LogP contribution in [0, 0.1) is 0 Å². The van der Waals surface area contributed by atoms with Crippen molar-refractivity contribution in [1.29, 1.82) is 0 Å². The van der Waals surface area contributed by atoms with Crippen LogP contribution in [0.5, 0.6) is 0 Å². The van der Waals surface area contributed by atoms with Gasteiger partial charge in [0.1, 0.15) is 18.8 Å². The molecule has 1 rings (SSSR count). The van der Waals surface area contributed by atoms with Crippen LogP contribution in [0.25, 0.3) is 0 Å². The minimum absolute atomic E-state index is 0.00764. The van der Waals surface area contributed by atoms with Crippen LogP contribution in [0.1, 0.15) is 252 Å². The number of ether oxygens (including phenoxy) is 5. The van der Waals surface area contributed by atoms with Crippen molar-refractivity contribution in [2.45, 2.75) is 289 Å². The van der Waals surface area contributed by atoms with Crippen LogP contribution in [0.15, 0.2) is 60.8 Å². The number of carboxylic acid groups (broad SMARTS) is 1. The molecule has 420 valence electrons. The number of carbonyl (C=O) groups is 4. The molecule has 12 nitrogen and oxygen atoms in total. The molecule has 6 unspecified atom stereocenters. The third-order valence-electron chi connectivity index (χ3n) is 13.1. The molecule has 0 aromatic rings. The number of allylic oxidation sites excluding steroid dienone is 10. The van der Waals surface area contributed by atoms with Crippen molar-refractivity contribution in [3.05, 3.63) is 60.8 Å². The summed E-state index contributed by atoms with van der Waals surface area (Å²) in [5, 5.41) is 31.4. The number of rotatable bonds is 49. The number of unbranched alkanes of at least 4 members (excludes halogenated alkanes) is 25. The van der Waals surface area contributed by atoms with E-state index in [1.807, 2.05) is 0 Å². The lowest BCUT2D eigenvalue weighted by atomic mass is 9.98. The van der Waals surface area contributed by atoms with Gasteiger partial charge in [0.2, 0.25) is 0 Å². The maximum atomic E-state index is 13.1. The van der Waals surface area contributed by atoms with E-state index in [0.29, 0.717) is 25.7 Å². The average Bonchev–Trinajstić information content (AvgIpc) is 3.37. The molecule has 0 radical (unpaired) electrons. The zero-order valence-corrected chi connectivity index (χ0v) is 46.1. The summed E-state index contributed by atoms with van der Waals surface area (Å²) in [5.41, 5.74) is 0. The van der Waals surface area contributed by atoms with E-state index in [2.05, 4.69) is 81.5 Å². The lowest BCUT2D eigenvalue weighted by molar-refractivity contribution is -0.301. The van der Waals surface area contributed by atoms with Crippen LogP contribution in [0.4, 0.5) is 0 Å². The molecular weight excluding hydrogens is 925 g/mol. The first-order valence-corrected chi connectivity index (χ1v) is 29.3. The zero-order valence-electron chi connectivity index (χ0n) is 46.1. The average molecular weight is 1030 g/mol. The summed E-state index contributed by atoms with van der Waals surface area (Å²) in [7, 11) is 0. The fraction of sp³-hybridized carbons (Fsp3) is 0.770. The highest BCUT2D eigenvalue weighted by Crippen LogP contribution is 2.26. The zero-order chi connectivity index (χ0) is 53.3. The molecule has 1 aliphatic rings. The Morgan fingerprint density at radius 3 is 1.37 bits per heavy atom. The fourth-order valence-electron chi connectivity index (χ4n) is 8.59. The van der Waals surface area contributed by atoms with Crippen molar-refractivity contribution in [1.82, 2.24) is 0 Å². The number of aliphatic hydroxyl groups is 2. The van der Waals surface area contributed by atoms with E-state index in [-0.39, 0.29) is 25.9 Å². The Hall–Kier alpha value is -3.58. The van der Waals surface area contributed by atoms with E-state index >= 15 is 0 Å². The first-order chi connectivity index (χ1) is 35.6. The standard InChI is InChI=1S/C61H104O12/c1-4-7-10-13-16-19-22-25-27-30-32-35-38-41-44-47-53(62)69-50-52(71-54(63)48-45-42-39-36-33-29-24-21-18-15-12-9-6-3)51-70-61-59(57(66)56(65)58(73-61)60(67)68)72-55(64)49-46-43-40-37-34-31-28-26-23-20-17-14-11-8-5-2/h8,11,17,20-21,24,26,28,34,37,52,56-59,61,65-66H,4-7,9-10,12-16,18-19,22-23,25,27,29-33,35-36,38-51H2,1-3H3,(H,67,68)/b11-8-,20-17-,24-21-,28-26-,37-34-. The Bertz CT molecular complexity index is 1500. The minimum atomic E-state index is -1.92. The molecule has 1 aliphatic heterocycles. The summed E-state index contributed by atoms with van der Waals surface area (Å²) in [6.07, 6.45) is 47.7. The first-order valence-electron chi connectivity index (χ1n) is 29.3. The number of hydrogen-bond donors (Lipinski definition) is 3. The smallest absolute Gasteiger partial charge is 0.335 e. The summed E-state index contributed by atoms with van der Waals surface area (Å²) < 4.78 is 28.4. The van der Waals surface area contributed by atoms with Gasteiger partial charge in [0.25, 0.3) is 0 Å². The molecular formula is C61H104O12. The second-order valence-corrected chi connectivity index (χ2v) is 19.9. The normalized spacial score (nSPS) is 18.7. The van der Waals surface area contributed by atoms with Gasteiger partial charge < -0.3 is 39.0 Å². The second kappa shape index (κ2) is 49.3. The van der Waals surface area contributed by atoms with Gasteiger partial charge in [-0.3, -0.25) is 14.4 Å². The molecule has 1 heterocycles. The molecule has 12 heteroatoms. The van der Waals surface area contributed by atoms with E-state index < -0.39 is 67.3 Å². The van der Waals surface area contributed by atoms with Gasteiger partial charge in [-0.15, -0.1) is 0 Å². The van der Waals surface area contributed by atoms with E-state index in [1.165, 1.54) is 96.3 Å². The Kier molecular flexibility index (Phi) is 45.5. The summed E-state index contributed by atoms with van der Waals surface area (Å²) in [5.74, 6) is -3.17. The van der Waals surface area contributed by atoms with Gasteiger partial charge in [-0.1, -0.05) is 210 Å². The number of hydrogen-bond acceptors (Lipinski definition) is 11. The topological polar surface area (TPSA) is 175 Å². The molecule has 1 saturated heterocycles. The predicted octanol–water partition coefficient (Wildman–Crippen LogP) is 14.8. The quantitative estimate of drug-likeness (QED) is 0.0228. The monoisotopic (exact) mass is 1030 g/mol. The van der Waals surface area contributed by atoms with Gasteiger partial charge in [0.05, 0.1) is 6.61 Å². The minimum Gasteiger partial charge on any atom is -0.479 e. The third-order valence-corrected chi connectivity index (χ3v) is 13.1. The van der Waals surface area contributed by atoms with E-state index in [4.69, 9.17) is 23.7 Å². The Balaban J connectivity index is 2.72. The number of aliphatic hydroxyl groups excluding tert-OH is 2. The van der Waals surface area contributed by atoms with Gasteiger partial charge in [-0.25, -0.2) is 4.79 Å². The Morgan fingerprint density at radius 1 is 0.466 bits per heavy atom. The van der Waals surface area contributed by atoms with Crippen molar-refractivity contribution >= 4 is 23.9 Å². The largest absolute Gasteiger partial charge is 0.479 e. The van der Waals surface area contributed by atoms with Gasteiger partial charge in [0, 0.05) is 19.3 Å². The number of carbonyl (C=O) groups excluding carboxylic acids is 3.